The van der Waals surface area contributed by atoms with Gasteiger partial charge in [-0.3, -0.25) is 4.79 Å². The molecule has 26 heavy (non-hydrogen) atoms. The molecule has 4 rings (SSSR count). The average Bonchev–Trinajstić information content (AvgIpc) is 2.92. The molecule has 4 heterocycles. The minimum absolute atomic E-state index is 0. The van der Waals surface area contributed by atoms with Gasteiger partial charge >= 0.3 is 51.4 Å². The van der Waals surface area contributed by atoms with Crippen LogP contribution in [-0.2, 0) is 4.79 Å². The molecule has 0 atom stereocenters. The van der Waals surface area contributed by atoms with Gasteiger partial charge in [0.05, 0.1) is 16.1 Å². The van der Waals surface area contributed by atoms with E-state index in [1.807, 2.05) is 11.0 Å². The molecular formula is C16H15FKN5OS2. The fourth-order valence-corrected chi connectivity index (χ4v) is 3.90. The molecule has 0 radical (unpaired) electrons. The molecule has 10 heteroatoms. The van der Waals surface area contributed by atoms with Gasteiger partial charge in [0.15, 0.2) is 5.82 Å². The second-order valence-electron chi connectivity index (χ2n) is 5.82. The zero-order valence-corrected chi connectivity index (χ0v) is 14.7. The molecule has 2 aromatic rings. The van der Waals surface area contributed by atoms with E-state index in [2.05, 4.69) is 20.3 Å². The quantitative estimate of drug-likeness (QED) is 0.456. The van der Waals surface area contributed by atoms with Gasteiger partial charge in [0.25, 0.3) is 5.91 Å². The van der Waals surface area contributed by atoms with Crippen molar-refractivity contribution in [3.8, 4) is 0 Å². The fraction of sp³-hybridized carbons (Fsp3) is 0.312. The second-order valence-corrected chi connectivity index (χ2v) is 7.53. The van der Waals surface area contributed by atoms with Crippen LogP contribution in [0.25, 0.3) is 17.1 Å². The van der Waals surface area contributed by atoms with Crippen LogP contribution in [0, 0.1) is 0 Å². The van der Waals surface area contributed by atoms with Crippen LogP contribution in [0.2, 0.25) is 0 Å². The molecule has 6 nitrogen and oxygen atoms in total. The Morgan fingerprint density at radius 3 is 2.77 bits per heavy atom. The summed E-state index contributed by atoms with van der Waals surface area (Å²) in [6.07, 6.45) is 3.42. The van der Waals surface area contributed by atoms with Crippen molar-refractivity contribution in [2.45, 2.75) is 19.0 Å². The normalized spacial score (nSPS) is 19.7. The number of aromatic nitrogens is 3. The minimum atomic E-state index is -0.751. The molecule has 0 bridgehead atoms. The Balaban J connectivity index is 0.00000196. The van der Waals surface area contributed by atoms with Crippen LogP contribution in [0.5, 0.6) is 0 Å². The van der Waals surface area contributed by atoms with E-state index in [0.717, 1.165) is 0 Å². The molecule has 1 N–H and O–H groups in total. The van der Waals surface area contributed by atoms with Crippen molar-refractivity contribution in [3.05, 3.63) is 29.1 Å². The van der Waals surface area contributed by atoms with Crippen molar-refractivity contribution in [1.29, 1.82) is 0 Å². The molecule has 130 valence electrons. The van der Waals surface area contributed by atoms with E-state index in [0.29, 0.717) is 57.7 Å². The van der Waals surface area contributed by atoms with E-state index in [4.69, 9.17) is 12.2 Å². The zero-order chi connectivity index (χ0) is 17.4. The van der Waals surface area contributed by atoms with E-state index in [-0.39, 0.29) is 57.3 Å². The van der Waals surface area contributed by atoms with Crippen LogP contribution in [0.3, 0.4) is 0 Å². The first kappa shape index (κ1) is 20.2. The predicted molar refractivity (Wildman–Crippen MR) is 107 cm³/mol. The van der Waals surface area contributed by atoms with Gasteiger partial charge in [-0.25, -0.2) is 19.3 Å². The molecular weight excluding hydrogens is 400 g/mol. The summed E-state index contributed by atoms with van der Waals surface area (Å²) < 4.78 is 13.9. The van der Waals surface area contributed by atoms with E-state index < -0.39 is 6.17 Å². The Bertz CT molecular complexity index is 901. The van der Waals surface area contributed by atoms with Gasteiger partial charge in [0.1, 0.15) is 22.3 Å². The summed E-state index contributed by atoms with van der Waals surface area (Å²) in [6.45, 7) is 1.21. The van der Waals surface area contributed by atoms with E-state index in [9.17, 15) is 9.18 Å². The van der Waals surface area contributed by atoms with E-state index in [1.54, 1.807) is 12.1 Å². The van der Waals surface area contributed by atoms with Gasteiger partial charge in [-0.05, 0) is 31.1 Å². The number of rotatable bonds is 2. The molecule has 2 fully saturated rings. The van der Waals surface area contributed by atoms with Crippen LogP contribution in [0.15, 0.2) is 23.4 Å². The van der Waals surface area contributed by atoms with Crippen LogP contribution < -0.4 is 10.2 Å². The number of anilines is 1. The second kappa shape index (κ2) is 8.68. The number of pyridine rings is 1. The van der Waals surface area contributed by atoms with Gasteiger partial charge in [-0.1, -0.05) is 24.0 Å². The van der Waals surface area contributed by atoms with Crippen LogP contribution in [-0.4, -0.2) is 95.8 Å². The molecule has 0 aromatic carbocycles. The van der Waals surface area contributed by atoms with Crippen LogP contribution in [0.1, 0.15) is 18.5 Å². The maximum atomic E-state index is 13.4. The monoisotopic (exact) mass is 415 g/mol. The van der Waals surface area contributed by atoms with Crippen molar-refractivity contribution >= 4 is 109 Å². The molecule has 0 saturated carbocycles. The van der Waals surface area contributed by atoms with Crippen molar-refractivity contribution < 1.29 is 9.18 Å². The Labute approximate surface area is 201 Å². The Kier molecular flexibility index (Phi) is 6.76. The van der Waals surface area contributed by atoms with Gasteiger partial charge < -0.3 is 10.2 Å². The number of thioether (sulfide) groups is 1. The number of carbonyl (C=O) groups excluding carboxylic acids is 1. The summed E-state index contributed by atoms with van der Waals surface area (Å²) in [7, 11) is 0. The SMILES string of the molecule is O=C1NC(=S)SC1=Cc1ccc2ncnc(N3CCC(F)CC3)c2n1.[KH]. The van der Waals surface area contributed by atoms with Gasteiger partial charge in [-0.15, -0.1) is 0 Å². The molecule has 0 spiro atoms. The number of fused-ring (bicyclic) bond motifs is 1. The van der Waals surface area contributed by atoms with Gasteiger partial charge in [0.2, 0.25) is 0 Å². The summed E-state index contributed by atoms with van der Waals surface area (Å²) in [5.74, 6) is 0.489. The number of nitrogens with one attached hydrogen (secondary N) is 1. The fourth-order valence-electron chi connectivity index (χ4n) is 2.87. The number of piperidine rings is 1. The summed E-state index contributed by atoms with van der Waals surface area (Å²) in [4.78, 5) is 27.6. The van der Waals surface area contributed by atoms with Gasteiger partial charge in [-0.2, -0.15) is 0 Å². The van der Waals surface area contributed by atoms with Gasteiger partial charge in [0, 0.05) is 13.1 Å². The number of halogens is 1. The topological polar surface area (TPSA) is 71.0 Å². The van der Waals surface area contributed by atoms with Crippen molar-refractivity contribution in [1.82, 2.24) is 20.3 Å². The average molecular weight is 416 g/mol. The van der Waals surface area contributed by atoms with Crippen LogP contribution >= 0.6 is 24.0 Å². The Morgan fingerprint density at radius 2 is 2.08 bits per heavy atom. The number of hydrogen-bond acceptors (Lipinski definition) is 7. The Morgan fingerprint density at radius 1 is 1.31 bits per heavy atom. The first-order valence-corrected chi connectivity index (χ1v) is 9.08. The number of amides is 1. The first-order chi connectivity index (χ1) is 12.1. The number of nitrogens with zero attached hydrogens (tertiary/aromatic N) is 4. The summed E-state index contributed by atoms with van der Waals surface area (Å²) >= 11 is 6.21. The molecule has 2 aromatic heterocycles. The molecule has 1 amide bonds. The summed E-state index contributed by atoms with van der Waals surface area (Å²) in [5, 5.41) is 2.58. The molecule has 2 saturated heterocycles. The van der Waals surface area contributed by atoms with Crippen molar-refractivity contribution in [3.63, 3.8) is 0 Å². The van der Waals surface area contributed by atoms with Crippen LogP contribution in [0.4, 0.5) is 10.2 Å². The van der Waals surface area contributed by atoms with Crippen molar-refractivity contribution in [2.75, 3.05) is 18.0 Å². The van der Waals surface area contributed by atoms with Crippen molar-refractivity contribution in [2.24, 2.45) is 0 Å². The molecule has 2 aliphatic rings. The predicted octanol–water partition coefficient (Wildman–Crippen LogP) is 1.80. The third kappa shape index (κ3) is 4.32. The standard InChI is InChI=1S/C16H14FN5OS2.K.H/c17-9-3-5-22(6-4-9)14-13-11(18-8-19-14)2-1-10(20-13)7-12-15(23)21-16(24)25-12;;/h1-2,7-9H,3-6H2,(H,21,23,24);;. The number of carbonyl (C=O) groups is 1. The maximum absolute atomic E-state index is 13.4. The Hall–Kier alpha value is -0.494. The molecule has 0 unspecified atom stereocenters. The first-order valence-electron chi connectivity index (χ1n) is 7.86. The third-order valence-corrected chi connectivity index (χ3v) is 5.29. The zero-order valence-electron chi connectivity index (χ0n) is 13.1. The number of hydrogen-bond donors (Lipinski definition) is 1. The summed E-state index contributed by atoms with van der Waals surface area (Å²) in [5.41, 5.74) is 2.00. The molecule has 0 aliphatic carbocycles. The van der Waals surface area contributed by atoms with E-state index >= 15 is 0 Å². The van der Waals surface area contributed by atoms with E-state index in [1.165, 1.54) is 18.1 Å². The summed E-state index contributed by atoms with van der Waals surface area (Å²) in [6, 6.07) is 3.65. The number of alkyl halides is 1. The third-order valence-electron chi connectivity index (χ3n) is 4.13. The number of thiocarbonyl (C=S) groups is 1. The molecule has 2 aliphatic heterocycles.